The van der Waals surface area contributed by atoms with Crippen LogP contribution in [-0.4, -0.2) is 25.7 Å². The molecule has 6 heteroatoms. The lowest BCUT2D eigenvalue weighted by Gasteiger charge is -2.07. The SMILES string of the molecule is Cc1ncc(C)c(NC(=O)c2ccnn2C)n1. The molecule has 0 saturated carbocycles. The summed E-state index contributed by atoms with van der Waals surface area (Å²) in [6.07, 6.45) is 3.26. The zero-order chi connectivity index (χ0) is 12.4. The van der Waals surface area contributed by atoms with Gasteiger partial charge in [0.1, 0.15) is 17.3 Å². The molecule has 0 saturated heterocycles. The molecule has 2 aromatic heterocycles. The summed E-state index contributed by atoms with van der Waals surface area (Å²) in [5.41, 5.74) is 1.31. The number of anilines is 1. The molecule has 88 valence electrons. The van der Waals surface area contributed by atoms with Crippen LogP contribution in [0.25, 0.3) is 0 Å². The Morgan fingerprint density at radius 2 is 2.18 bits per heavy atom. The maximum absolute atomic E-state index is 11.9. The number of carbonyl (C=O) groups excluding carboxylic acids is 1. The lowest BCUT2D eigenvalue weighted by molar-refractivity contribution is 0.101. The van der Waals surface area contributed by atoms with Gasteiger partial charge in [0, 0.05) is 25.0 Å². The molecule has 1 N–H and O–H groups in total. The van der Waals surface area contributed by atoms with Gasteiger partial charge in [-0.3, -0.25) is 9.48 Å². The van der Waals surface area contributed by atoms with Gasteiger partial charge < -0.3 is 5.32 Å². The van der Waals surface area contributed by atoms with Gasteiger partial charge in [0.05, 0.1) is 0 Å². The van der Waals surface area contributed by atoms with Crippen molar-refractivity contribution in [3.8, 4) is 0 Å². The number of aryl methyl sites for hydroxylation is 3. The van der Waals surface area contributed by atoms with Gasteiger partial charge in [-0.25, -0.2) is 9.97 Å². The van der Waals surface area contributed by atoms with Gasteiger partial charge in [-0.2, -0.15) is 5.10 Å². The molecule has 6 nitrogen and oxygen atoms in total. The second kappa shape index (κ2) is 4.32. The topological polar surface area (TPSA) is 72.7 Å². The van der Waals surface area contributed by atoms with Crippen molar-refractivity contribution in [1.29, 1.82) is 0 Å². The molecule has 2 heterocycles. The van der Waals surface area contributed by atoms with E-state index < -0.39 is 0 Å². The maximum atomic E-state index is 11.9. The zero-order valence-corrected chi connectivity index (χ0v) is 9.93. The van der Waals surface area contributed by atoms with E-state index >= 15 is 0 Å². The highest BCUT2D eigenvalue weighted by Crippen LogP contribution is 2.11. The molecule has 0 aliphatic heterocycles. The second-order valence-corrected chi connectivity index (χ2v) is 3.74. The molecule has 0 spiro atoms. The predicted molar refractivity (Wildman–Crippen MR) is 62.7 cm³/mol. The summed E-state index contributed by atoms with van der Waals surface area (Å²) in [5, 5.41) is 6.69. The van der Waals surface area contributed by atoms with Crippen LogP contribution in [0.4, 0.5) is 5.82 Å². The Balaban J connectivity index is 2.24. The summed E-state index contributed by atoms with van der Waals surface area (Å²) in [6, 6.07) is 1.65. The van der Waals surface area contributed by atoms with E-state index in [0.29, 0.717) is 17.3 Å². The summed E-state index contributed by atoms with van der Waals surface area (Å²) in [4.78, 5) is 20.2. The Labute approximate surface area is 98.7 Å². The standard InChI is InChI=1S/C11H13N5O/c1-7-6-12-8(2)14-10(7)15-11(17)9-4-5-13-16(9)3/h4-6H,1-3H3,(H,12,14,15,17). The summed E-state index contributed by atoms with van der Waals surface area (Å²) in [5.74, 6) is 0.922. The Bertz CT molecular complexity index is 561. The summed E-state index contributed by atoms with van der Waals surface area (Å²) < 4.78 is 1.51. The number of nitrogens with one attached hydrogen (secondary N) is 1. The van der Waals surface area contributed by atoms with E-state index in [1.165, 1.54) is 4.68 Å². The number of carbonyl (C=O) groups is 1. The van der Waals surface area contributed by atoms with Gasteiger partial charge in [-0.05, 0) is 19.9 Å². The molecule has 0 fully saturated rings. The van der Waals surface area contributed by atoms with Crippen molar-refractivity contribution < 1.29 is 4.79 Å². The third kappa shape index (κ3) is 2.30. The van der Waals surface area contributed by atoms with Crippen molar-refractivity contribution in [2.75, 3.05) is 5.32 Å². The van der Waals surface area contributed by atoms with E-state index in [2.05, 4.69) is 20.4 Å². The molecule has 1 amide bonds. The second-order valence-electron chi connectivity index (χ2n) is 3.74. The van der Waals surface area contributed by atoms with Crippen molar-refractivity contribution >= 4 is 11.7 Å². The van der Waals surface area contributed by atoms with Crippen LogP contribution >= 0.6 is 0 Å². The van der Waals surface area contributed by atoms with Gasteiger partial charge in [-0.15, -0.1) is 0 Å². The Kier molecular flexibility index (Phi) is 2.86. The fourth-order valence-electron chi connectivity index (χ4n) is 1.42. The molecular formula is C11H13N5O. The molecule has 0 radical (unpaired) electrons. The minimum atomic E-state index is -0.230. The first kappa shape index (κ1) is 11.3. The predicted octanol–water partition coefficient (Wildman–Crippen LogP) is 1.08. The molecule has 0 aliphatic carbocycles. The molecule has 0 atom stereocenters. The fourth-order valence-corrected chi connectivity index (χ4v) is 1.42. The third-order valence-electron chi connectivity index (χ3n) is 2.38. The normalized spacial score (nSPS) is 10.3. The van der Waals surface area contributed by atoms with E-state index in [0.717, 1.165) is 5.56 Å². The van der Waals surface area contributed by atoms with E-state index in [9.17, 15) is 4.79 Å². The number of nitrogens with zero attached hydrogens (tertiary/aromatic N) is 4. The van der Waals surface area contributed by atoms with E-state index in [-0.39, 0.29) is 5.91 Å². The molecular weight excluding hydrogens is 218 g/mol. The van der Waals surface area contributed by atoms with Crippen LogP contribution in [0.3, 0.4) is 0 Å². The number of rotatable bonds is 2. The van der Waals surface area contributed by atoms with Crippen molar-refractivity contribution in [3.63, 3.8) is 0 Å². The quantitative estimate of drug-likeness (QED) is 0.839. The van der Waals surface area contributed by atoms with Gasteiger partial charge in [0.25, 0.3) is 5.91 Å². The van der Waals surface area contributed by atoms with Gasteiger partial charge >= 0.3 is 0 Å². The first-order valence-corrected chi connectivity index (χ1v) is 5.17. The van der Waals surface area contributed by atoms with Crippen molar-refractivity contribution in [2.45, 2.75) is 13.8 Å². The van der Waals surface area contributed by atoms with Gasteiger partial charge in [0.2, 0.25) is 0 Å². The van der Waals surface area contributed by atoms with E-state index in [1.807, 2.05) is 6.92 Å². The van der Waals surface area contributed by atoms with Crippen LogP contribution in [0.2, 0.25) is 0 Å². The average Bonchev–Trinajstić information content (AvgIpc) is 2.70. The largest absolute Gasteiger partial charge is 0.305 e. The summed E-state index contributed by atoms with van der Waals surface area (Å²) >= 11 is 0. The van der Waals surface area contributed by atoms with Gasteiger partial charge in [-0.1, -0.05) is 0 Å². The zero-order valence-electron chi connectivity index (χ0n) is 9.93. The molecule has 17 heavy (non-hydrogen) atoms. The average molecular weight is 231 g/mol. The van der Waals surface area contributed by atoms with Crippen LogP contribution in [0.15, 0.2) is 18.5 Å². The summed E-state index contributed by atoms with van der Waals surface area (Å²) in [7, 11) is 1.72. The lowest BCUT2D eigenvalue weighted by Crippen LogP contribution is -2.18. The number of hydrogen-bond acceptors (Lipinski definition) is 4. The molecule has 2 rings (SSSR count). The summed E-state index contributed by atoms with van der Waals surface area (Å²) in [6.45, 7) is 3.62. The minimum absolute atomic E-state index is 0.230. The maximum Gasteiger partial charge on any atom is 0.275 e. The van der Waals surface area contributed by atoms with Crippen LogP contribution in [0.1, 0.15) is 21.9 Å². The first-order chi connectivity index (χ1) is 8.08. The van der Waals surface area contributed by atoms with Crippen LogP contribution in [-0.2, 0) is 7.05 Å². The highest BCUT2D eigenvalue weighted by Gasteiger charge is 2.12. The van der Waals surface area contributed by atoms with Crippen molar-refractivity contribution in [2.24, 2.45) is 7.05 Å². The molecule has 0 aliphatic rings. The lowest BCUT2D eigenvalue weighted by atomic mass is 10.3. The number of hydrogen-bond donors (Lipinski definition) is 1. The molecule has 0 unspecified atom stereocenters. The van der Waals surface area contributed by atoms with E-state index in [4.69, 9.17) is 0 Å². The van der Waals surface area contributed by atoms with Crippen molar-refractivity contribution in [3.05, 3.63) is 35.5 Å². The molecule has 0 bridgehead atoms. The smallest absolute Gasteiger partial charge is 0.275 e. The Hall–Kier alpha value is -2.24. The fraction of sp³-hybridized carbons (Fsp3) is 0.273. The molecule has 0 aromatic carbocycles. The first-order valence-electron chi connectivity index (χ1n) is 5.17. The monoisotopic (exact) mass is 231 g/mol. The van der Waals surface area contributed by atoms with Crippen LogP contribution in [0, 0.1) is 13.8 Å². The third-order valence-corrected chi connectivity index (χ3v) is 2.38. The van der Waals surface area contributed by atoms with Crippen LogP contribution < -0.4 is 5.32 Å². The highest BCUT2D eigenvalue weighted by atomic mass is 16.2. The van der Waals surface area contributed by atoms with E-state index in [1.54, 1.807) is 32.4 Å². The van der Waals surface area contributed by atoms with Gasteiger partial charge in [0.15, 0.2) is 0 Å². The Morgan fingerprint density at radius 1 is 1.41 bits per heavy atom. The van der Waals surface area contributed by atoms with Crippen molar-refractivity contribution in [1.82, 2.24) is 19.7 Å². The minimum Gasteiger partial charge on any atom is -0.305 e. The van der Waals surface area contributed by atoms with Crippen LogP contribution in [0.5, 0.6) is 0 Å². The molecule has 2 aromatic rings. The number of amides is 1. The number of aromatic nitrogens is 4. The Morgan fingerprint density at radius 3 is 2.82 bits per heavy atom. The highest BCUT2D eigenvalue weighted by molar-refractivity contribution is 6.02.